The van der Waals surface area contributed by atoms with Gasteiger partial charge in [-0.1, -0.05) is 11.8 Å². The number of imidazole rings is 1. The smallest absolute Gasteiger partial charge is 0.233 e. The second kappa shape index (κ2) is 8.14. The molecule has 0 saturated heterocycles. The van der Waals surface area contributed by atoms with Crippen LogP contribution in [-0.2, 0) is 11.3 Å². The number of methoxy groups -OCH3 is 1. The minimum atomic E-state index is 0.0216. The first kappa shape index (κ1) is 18.1. The minimum Gasteiger partial charge on any atom is -0.497 e. The quantitative estimate of drug-likeness (QED) is 0.595. The Balaban J connectivity index is 1.61. The Bertz CT molecular complexity index is 870. The lowest BCUT2D eigenvalue weighted by atomic mass is 10.3. The van der Waals surface area contributed by atoms with Crippen molar-refractivity contribution in [2.24, 2.45) is 0 Å². The van der Waals surface area contributed by atoms with Crippen molar-refractivity contribution in [2.75, 3.05) is 19.9 Å². The van der Waals surface area contributed by atoms with Crippen molar-refractivity contribution in [3.63, 3.8) is 0 Å². The number of thioether (sulfide) groups is 1. The van der Waals surface area contributed by atoms with Gasteiger partial charge in [0.2, 0.25) is 5.91 Å². The number of hydrogen-bond donors (Lipinski definition) is 0. The molecular weight excluding hydrogens is 350 g/mol. The molecule has 2 aromatic heterocycles. The van der Waals surface area contributed by atoms with Crippen LogP contribution in [0, 0.1) is 6.92 Å². The SMILES string of the molecule is COc1ccc(-n2ccnc2SCC(=O)N(C)Cc2ccc(C)o2)cc1. The van der Waals surface area contributed by atoms with Crippen molar-refractivity contribution in [1.29, 1.82) is 0 Å². The van der Waals surface area contributed by atoms with Crippen LogP contribution in [0.15, 0.2) is 58.4 Å². The van der Waals surface area contributed by atoms with Crippen molar-refractivity contribution < 1.29 is 13.9 Å². The lowest BCUT2D eigenvalue weighted by Crippen LogP contribution is -2.27. The van der Waals surface area contributed by atoms with Gasteiger partial charge >= 0.3 is 0 Å². The summed E-state index contributed by atoms with van der Waals surface area (Å²) < 4.78 is 12.7. The van der Waals surface area contributed by atoms with Gasteiger partial charge in [-0.3, -0.25) is 9.36 Å². The summed E-state index contributed by atoms with van der Waals surface area (Å²) in [5.41, 5.74) is 0.970. The fourth-order valence-electron chi connectivity index (χ4n) is 2.46. The minimum absolute atomic E-state index is 0.0216. The number of rotatable bonds is 7. The number of hydrogen-bond acceptors (Lipinski definition) is 5. The zero-order valence-electron chi connectivity index (χ0n) is 15.0. The van der Waals surface area contributed by atoms with E-state index >= 15 is 0 Å². The molecule has 0 fully saturated rings. The van der Waals surface area contributed by atoms with Gasteiger partial charge < -0.3 is 14.1 Å². The molecule has 1 aromatic carbocycles. The summed E-state index contributed by atoms with van der Waals surface area (Å²) in [6, 6.07) is 11.5. The van der Waals surface area contributed by atoms with E-state index in [0.29, 0.717) is 12.3 Å². The lowest BCUT2D eigenvalue weighted by molar-refractivity contribution is -0.127. The number of ether oxygens (including phenoxy) is 1. The number of amides is 1. The summed E-state index contributed by atoms with van der Waals surface area (Å²) in [7, 11) is 3.41. The Labute approximate surface area is 156 Å². The van der Waals surface area contributed by atoms with E-state index in [1.165, 1.54) is 11.8 Å². The predicted octanol–water partition coefficient (Wildman–Crippen LogP) is 3.53. The number of nitrogens with zero attached hydrogens (tertiary/aromatic N) is 3. The van der Waals surface area contributed by atoms with E-state index in [4.69, 9.17) is 9.15 Å². The van der Waals surface area contributed by atoms with Gasteiger partial charge in [-0.2, -0.15) is 0 Å². The molecule has 26 heavy (non-hydrogen) atoms. The molecule has 0 bridgehead atoms. The highest BCUT2D eigenvalue weighted by atomic mass is 32.2. The highest BCUT2D eigenvalue weighted by molar-refractivity contribution is 7.99. The third-order valence-electron chi connectivity index (χ3n) is 3.90. The molecule has 0 atom stereocenters. The summed E-state index contributed by atoms with van der Waals surface area (Å²) in [5, 5.41) is 0.769. The maximum Gasteiger partial charge on any atom is 0.233 e. The molecule has 0 N–H and O–H groups in total. The van der Waals surface area contributed by atoms with Gasteiger partial charge in [0.15, 0.2) is 5.16 Å². The molecule has 1 amide bonds. The van der Waals surface area contributed by atoms with Crippen LogP contribution in [0.4, 0.5) is 0 Å². The molecule has 2 heterocycles. The first-order valence-electron chi connectivity index (χ1n) is 8.16. The molecule has 0 aliphatic heterocycles. The van der Waals surface area contributed by atoms with E-state index in [2.05, 4.69) is 4.98 Å². The van der Waals surface area contributed by atoms with Crippen molar-refractivity contribution >= 4 is 17.7 Å². The van der Waals surface area contributed by atoms with Crippen molar-refractivity contribution in [3.8, 4) is 11.4 Å². The normalized spacial score (nSPS) is 10.7. The molecule has 0 aliphatic carbocycles. The third-order valence-corrected chi connectivity index (χ3v) is 4.85. The molecule has 3 rings (SSSR count). The van der Waals surface area contributed by atoms with Gasteiger partial charge in [0.25, 0.3) is 0 Å². The van der Waals surface area contributed by atoms with Crippen molar-refractivity contribution in [3.05, 3.63) is 60.3 Å². The number of aromatic nitrogens is 2. The van der Waals surface area contributed by atoms with Crippen LogP contribution in [0.5, 0.6) is 5.75 Å². The van der Waals surface area contributed by atoms with E-state index in [1.54, 1.807) is 25.3 Å². The number of aryl methyl sites for hydroxylation is 1. The molecule has 0 saturated carbocycles. The van der Waals surface area contributed by atoms with Gasteiger partial charge in [-0.15, -0.1) is 0 Å². The van der Waals surface area contributed by atoms with Gasteiger partial charge in [0.1, 0.15) is 17.3 Å². The molecule has 7 heteroatoms. The monoisotopic (exact) mass is 371 g/mol. The van der Waals surface area contributed by atoms with Crippen LogP contribution in [0.2, 0.25) is 0 Å². The van der Waals surface area contributed by atoms with Crippen LogP contribution < -0.4 is 4.74 Å². The largest absolute Gasteiger partial charge is 0.497 e. The van der Waals surface area contributed by atoms with Gasteiger partial charge in [-0.25, -0.2) is 4.98 Å². The van der Waals surface area contributed by atoms with Crippen molar-refractivity contribution in [1.82, 2.24) is 14.5 Å². The number of carbonyl (C=O) groups excluding carboxylic acids is 1. The van der Waals surface area contributed by atoms with E-state index in [0.717, 1.165) is 28.1 Å². The van der Waals surface area contributed by atoms with E-state index in [-0.39, 0.29) is 5.91 Å². The molecule has 136 valence electrons. The zero-order chi connectivity index (χ0) is 18.5. The molecule has 0 radical (unpaired) electrons. The second-order valence-electron chi connectivity index (χ2n) is 5.83. The molecule has 6 nitrogen and oxygen atoms in total. The molecule has 0 aliphatic rings. The Morgan fingerprint density at radius 3 is 2.69 bits per heavy atom. The van der Waals surface area contributed by atoms with E-state index < -0.39 is 0 Å². The van der Waals surface area contributed by atoms with Gasteiger partial charge in [0, 0.05) is 25.1 Å². The Kier molecular flexibility index (Phi) is 5.68. The summed E-state index contributed by atoms with van der Waals surface area (Å²) in [4.78, 5) is 18.4. The van der Waals surface area contributed by atoms with Crippen LogP contribution in [0.1, 0.15) is 11.5 Å². The Morgan fingerprint density at radius 1 is 1.27 bits per heavy atom. The highest BCUT2D eigenvalue weighted by Gasteiger charge is 2.14. The first-order valence-corrected chi connectivity index (χ1v) is 9.15. The van der Waals surface area contributed by atoms with Gasteiger partial charge in [-0.05, 0) is 43.3 Å². The zero-order valence-corrected chi connectivity index (χ0v) is 15.8. The van der Waals surface area contributed by atoms with Crippen LogP contribution in [0.25, 0.3) is 5.69 Å². The van der Waals surface area contributed by atoms with E-state index in [1.807, 2.05) is 54.1 Å². The van der Waals surface area contributed by atoms with Crippen LogP contribution in [-0.4, -0.2) is 40.3 Å². The number of furan rings is 1. The molecule has 3 aromatic rings. The summed E-state index contributed by atoms with van der Waals surface area (Å²) in [5.74, 6) is 2.75. The Hall–Kier alpha value is -2.67. The maximum atomic E-state index is 12.4. The van der Waals surface area contributed by atoms with Gasteiger partial charge in [0.05, 0.1) is 19.4 Å². The summed E-state index contributed by atoms with van der Waals surface area (Å²) in [6.45, 7) is 2.35. The average molecular weight is 371 g/mol. The average Bonchev–Trinajstić information content (AvgIpc) is 3.28. The van der Waals surface area contributed by atoms with Crippen molar-refractivity contribution in [2.45, 2.75) is 18.6 Å². The maximum absolute atomic E-state index is 12.4. The second-order valence-corrected chi connectivity index (χ2v) is 6.77. The predicted molar refractivity (Wildman–Crippen MR) is 101 cm³/mol. The first-order chi connectivity index (χ1) is 12.6. The van der Waals surface area contributed by atoms with Crippen LogP contribution >= 0.6 is 11.8 Å². The lowest BCUT2D eigenvalue weighted by Gasteiger charge is -2.15. The summed E-state index contributed by atoms with van der Waals surface area (Å²) in [6.07, 6.45) is 3.61. The number of carbonyl (C=O) groups is 1. The van der Waals surface area contributed by atoms with Crippen LogP contribution in [0.3, 0.4) is 0 Å². The topological polar surface area (TPSA) is 60.5 Å². The highest BCUT2D eigenvalue weighted by Crippen LogP contribution is 2.22. The fourth-order valence-corrected chi connectivity index (χ4v) is 3.38. The fraction of sp³-hybridized carbons (Fsp3) is 0.263. The Morgan fingerprint density at radius 2 is 2.04 bits per heavy atom. The van der Waals surface area contributed by atoms with E-state index in [9.17, 15) is 4.79 Å². The standard InChI is InChI=1S/C19H21N3O3S/c1-14-4-7-17(25-14)12-21(2)18(23)13-26-19-20-10-11-22(19)15-5-8-16(24-3)9-6-15/h4-11H,12-13H2,1-3H3. The molecule has 0 spiro atoms. The third kappa shape index (κ3) is 4.29. The number of benzene rings is 1. The molecule has 0 unspecified atom stereocenters. The molecular formula is C19H21N3O3S. The summed E-state index contributed by atoms with van der Waals surface area (Å²) >= 11 is 1.41.